The normalized spacial score (nSPS) is 15.8. The van der Waals surface area contributed by atoms with E-state index in [4.69, 9.17) is 37.9 Å². The Morgan fingerprint density at radius 3 is 0.922 bits per heavy atom. The number of nitrogens with one attached hydrogen (secondary N) is 4. The van der Waals surface area contributed by atoms with Crippen LogP contribution < -0.4 is 40.2 Å². The van der Waals surface area contributed by atoms with Crippen molar-refractivity contribution >= 4 is 90.3 Å². The summed E-state index contributed by atoms with van der Waals surface area (Å²) in [5.74, 6) is -3.83. The van der Waals surface area contributed by atoms with Crippen LogP contribution in [0.25, 0.3) is 43.1 Å². The lowest BCUT2D eigenvalue weighted by atomic mass is 9.80. The average molecular weight is 1380 g/mol. The molecule has 528 valence electrons. The fourth-order valence-corrected chi connectivity index (χ4v) is 13.4. The van der Waals surface area contributed by atoms with E-state index >= 15 is 19.2 Å². The number of ether oxygens (including phenoxy) is 8. The molecule has 4 unspecified atom stereocenters. The molecule has 0 spiro atoms. The zero-order chi connectivity index (χ0) is 71.3. The minimum Gasteiger partial charge on any atom is -0.457 e. The van der Waals surface area contributed by atoms with Crippen LogP contribution in [0.1, 0.15) is 131 Å². The van der Waals surface area contributed by atoms with E-state index in [0.717, 1.165) is 32.1 Å². The number of hydrogen-bond acceptors (Lipinski definition) is 16. The van der Waals surface area contributed by atoms with E-state index in [1.165, 1.54) is 0 Å². The number of amides is 8. The molecule has 4 atom stereocenters. The van der Waals surface area contributed by atoms with Gasteiger partial charge in [0.25, 0.3) is 23.6 Å². The summed E-state index contributed by atoms with van der Waals surface area (Å²) in [7, 11) is 0. The average Bonchev–Trinajstić information content (AvgIpc) is 0.874. The van der Waals surface area contributed by atoms with E-state index < -0.39 is 47.5 Å². The van der Waals surface area contributed by atoms with Gasteiger partial charge in [0.2, 0.25) is 23.6 Å². The summed E-state index contributed by atoms with van der Waals surface area (Å²) in [6, 6.07) is 33.0. The first-order valence-electron chi connectivity index (χ1n) is 35.3. The van der Waals surface area contributed by atoms with Crippen LogP contribution in [0.15, 0.2) is 121 Å². The Balaban J connectivity index is 1.11. The Hall–Kier alpha value is -10.5. The number of fused-ring (bicyclic) bond motifs is 2. The van der Waals surface area contributed by atoms with Crippen LogP contribution in [0.3, 0.4) is 0 Å². The first-order valence-corrected chi connectivity index (χ1v) is 35.3. The van der Waals surface area contributed by atoms with Crippen molar-refractivity contribution in [2.75, 3.05) is 65.8 Å². The molecule has 2 saturated heterocycles. The molecule has 9 aromatic carbocycles. The number of rotatable bonds is 34. The van der Waals surface area contributed by atoms with E-state index in [9.17, 15) is 19.2 Å². The Morgan fingerprint density at radius 1 is 0.402 bits per heavy atom. The summed E-state index contributed by atoms with van der Waals surface area (Å²) in [5.41, 5.74) is 3.89. The van der Waals surface area contributed by atoms with Gasteiger partial charge in [-0.1, -0.05) is 76.2 Å². The number of hydrogen-bond donors (Lipinski definition) is 4. The topological polar surface area (TPSA) is 272 Å². The van der Waals surface area contributed by atoms with Gasteiger partial charge in [-0.25, -0.2) is 0 Å². The monoisotopic (exact) mass is 1380 g/mol. The third-order valence-corrected chi connectivity index (χ3v) is 19.1. The summed E-state index contributed by atoms with van der Waals surface area (Å²) >= 11 is 0. The molecule has 22 heteroatoms. The molecule has 0 aromatic heterocycles. The number of aryl methyl sites for hydroxylation is 4. The van der Waals surface area contributed by atoms with Crippen molar-refractivity contribution in [1.82, 2.24) is 31.1 Å². The van der Waals surface area contributed by atoms with Crippen LogP contribution in [0.2, 0.25) is 0 Å². The third-order valence-electron chi connectivity index (χ3n) is 19.1. The number of carbonyl (C=O) groups is 8. The fourth-order valence-electron chi connectivity index (χ4n) is 13.4. The minimum absolute atomic E-state index is 0.0302. The van der Waals surface area contributed by atoms with Crippen molar-refractivity contribution in [2.45, 2.75) is 117 Å². The van der Waals surface area contributed by atoms with E-state index in [-0.39, 0.29) is 178 Å². The van der Waals surface area contributed by atoms with Crippen molar-refractivity contribution < 1.29 is 76.3 Å². The van der Waals surface area contributed by atoms with Gasteiger partial charge in [0.05, 0.1) is 47.7 Å². The van der Waals surface area contributed by atoms with Gasteiger partial charge in [-0.05, 0) is 135 Å². The largest absolute Gasteiger partial charge is 0.457 e. The number of carbonyl (C=O) groups excluding carboxylic acids is 8. The zero-order valence-corrected chi connectivity index (χ0v) is 58.0. The van der Waals surface area contributed by atoms with Gasteiger partial charge in [0, 0.05) is 121 Å². The summed E-state index contributed by atoms with van der Waals surface area (Å²) in [6.07, 6.45) is 2.26. The number of nitrogens with zero attached hydrogens (tertiary/aromatic N) is 2. The Kier molecular flexibility index (Phi) is 21.1. The molecule has 4 aliphatic heterocycles. The van der Waals surface area contributed by atoms with Gasteiger partial charge >= 0.3 is 0 Å². The standard InChI is InChI=1S/C80H82N6O16/c1-7-45-13-21-49(22-14-45)99-61-37-55-67-56(78(92)85(77(55)91)59(31-35-95-11-5)75(89)81-33-29-65(87)83-41-53-43-97-53)39-63(101-51-25-17-47(9-3)18-26-51)71-72-64(102-52-27-19-48(10-4)20-28-52)40-58-68-57(38-62(70(74(68)72)69(61)73(67)71)100-50-23-15-46(8-2)16-24-50)79(93)86(80(58)94)60(32-36-96-12-6)76(90)82-34-30-66(88)84-42-54-44-98-54/h13-28,37-40,53-54,59-60H,7-12,29-36,41-44H2,1-6H3,(H,81,89)(H,82,90)(H,83,87)(H,84,88). The quantitative estimate of drug-likeness (QED) is 0.00959. The van der Waals surface area contributed by atoms with Crippen molar-refractivity contribution in [1.29, 1.82) is 0 Å². The van der Waals surface area contributed by atoms with Gasteiger partial charge in [-0.2, -0.15) is 0 Å². The van der Waals surface area contributed by atoms with Gasteiger partial charge in [0.1, 0.15) is 58.1 Å². The summed E-state index contributed by atoms with van der Waals surface area (Å²) in [5, 5.41) is 13.2. The Morgan fingerprint density at radius 2 is 0.676 bits per heavy atom. The van der Waals surface area contributed by atoms with Crippen LogP contribution in [0.5, 0.6) is 46.0 Å². The fraction of sp³-hybridized carbons (Fsp3) is 0.350. The van der Waals surface area contributed by atoms with Crippen molar-refractivity contribution in [3.05, 3.63) is 166 Å². The highest BCUT2D eigenvalue weighted by atomic mass is 16.6. The molecule has 2 fully saturated rings. The van der Waals surface area contributed by atoms with E-state index in [2.05, 4.69) is 21.3 Å². The molecule has 4 heterocycles. The lowest BCUT2D eigenvalue weighted by Crippen LogP contribution is -2.54. The predicted molar refractivity (Wildman–Crippen MR) is 383 cm³/mol. The molecule has 13 rings (SSSR count). The Bertz CT molecular complexity index is 4180. The highest BCUT2D eigenvalue weighted by Crippen LogP contribution is 2.58. The molecule has 4 N–H and O–H groups in total. The second kappa shape index (κ2) is 30.8. The minimum atomic E-state index is -1.47. The Labute approximate surface area is 589 Å². The molecule has 9 aromatic rings. The molecular formula is C80H82N6O16. The predicted octanol–water partition coefficient (Wildman–Crippen LogP) is 12.0. The third kappa shape index (κ3) is 14.5. The van der Waals surface area contributed by atoms with Gasteiger partial charge in [-0.15, -0.1) is 0 Å². The second-order valence-electron chi connectivity index (χ2n) is 25.7. The highest BCUT2D eigenvalue weighted by molar-refractivity contribution is 6.45. The second-order valence-corrected chi connectivity index (χ2v) is 25.7. The van der Waals surface area contributed by atoms with Crippen LogP contribution >= 0.6 is 0 Å². The number of epoxide rings is 2. The molecule has 0 radical (unpaired) electrons. The summed E-state index contributed by atoms with van der Waals surface area (Å²) in [6.45, 7) is 13.7. The van der Waals surface area contributed by atoms with Gasteiger partial charge in [0.15, 0.2) is 0 Å². The molecule has 102 heavy (non-hydrogen) atoms. The first kappa shape index (κ1) is 69.9. The molecule has 8 amide bonds. The van der Waals surface area contributed by atoms with Crippen LogP contribution in [-0.4, -0.2) is 147 Å². The maximum atomic E-state index is 16.2. The van der Waals surface area contributed by atoms with E-state index in [1.807, 2.05) is 76.2 Å². The van der Waals surface area contributed by atoms with Crippen molar-refractivity contribution in [2.24, 2.45) is 0 Å². The SMILES string of the molecule is CCOCCC(C(=O)NCCC(=O)NCC1CO1)N1C(=O)c2cc(Oc3ccc(CC)cc3)c3c4c(Oc5ccc(CC)cc5)cc5c6c(cc(Oc7ccc(CC)cc7)c(c7c(Oc8ccc(CC)cc8)cc(c2c37)C1=O)c64)C(=O)N(C(CCOCC)C(=O)NCCC(=O)NCC1CO1)C5=O. The van der Waals surface area contributed by atoms with E-state index in [1.54, 1.807) is 86.6 Å². The first-order chi connectivity index (χ1) is 49.6. The number of imide groups is 2. The molecule has 0 bridgehead atoms. The maximum absolute atomic E-state index is 16.2. The lowest BCUT2D eigenvalue weighted by Gasteiger charge is -2.36. The lowest BCUT2D eigenvalue weighted by molar-refractivity contribution is -0.127. The molecule has 0 saturated carbocycles. The van der Waals surface area contributed by atoms with Gasteiger partial charge in [-0.3, -0.25) is 48.2 Å². The summed E-state index contributed by atoms with van der Waals surface area (Å²) < 4.78 is 51.0. The van der Waals surface area contributed by atoms with Crippen molar-refractivity contribution in [3.8, 4) is 46.0 Å². The number of benzene rings is 9. The molecule has 22 nitrogen and oxygen atoms in total. The highest BCUT2D eigenvalue weighted by Gasteiger charge is 2.46. The van der Waals surface area contributed by atoms with Crippen molar-refractivity contribution in [3.63, 3.8) is 0 Å². The molecule has 4 aliphatic rings. The molecular weight excluding hydrogens is 1300 g/mol. The smallest absolute Gasteiger partial charge is 0.262 e. The maximum Gasteiger partial charge on any atom is 0.262 e. The van der Waals surface area contributed by atoms with Crippen LogP contribution in [0.4, 0.5) is 0 Å². The van der Waals surface area contributed by atoms with Crippen LogP contribution in [0, 0.1) is 0 Å². The van der Waals surface area contributed by atoms with E-state index in [0.29, 0.717) is 75.0 Å². The molecule has 0 aliphatic carbocycles. The zero-order valence-electron chi connectivity index (χ0n) is 58.0. The summed E-state index contributed by atoms with van der Waals surface area (Å²) in [4.78, 5) is 122. The van der Waals surface area contributed by atoms with Gasteiger partial charge < -0.3 is 59.2 Å². The van der Waals surface area contributed by atoms with Crippen LogP contribution in [-0.2, 0) is 63.8 Å².